The second kappa shape index (κ2) is 8.99. The number of nitrogens with one attached hydrogen (secondary N) is 1. The Balaban J connectivity index is 1.53. The van der Waals surface area contributed by atoms with E-state index in [0.29, 0.717) is 22.1 Å². The predicted molar refractivity (Wildman–Crippen MR) is 122 cm³/mol. The van der Waals surface area contributed by atoms with E-state index in [1.165, 1.54) is 51.9 Å². The van der Waals surface area contributed by atoms with Gasteiger partial charge in [-0.25, -0.2) is 9.37 Å². The standard InChI is InChI=1S/C22H19FN4O2S2/c1-13(2)21-26-27-19(28)11-16(24-22(27)31-21)12-30-18-9-4-3-8-17(18)25-20(29)14-6-5-7-15(23)10-14/h3-11,13H,12H2,1-2H3,(H,25,29). The lowest BCUT2D eigenvalue weighted by molar-refractivity contribution is 0.102. The Kier molecular flexibility index (Phi) is 6.15. The lowest BCUT2D eigenvalue weighted by Crippen LogP contribution is -2.15. The highest BCUT2D eigenvalue weighted by atomic mass is 32.2. The van der Waals surface area contributed by atoms with Gasteiger partial charge in [0.25, 0.3) is 11.5 Å². The minimum Gasteiger partial charge on any atom is -0.321 e. The van der Waals surface area contributed by atoms with Crippen molar-refractivity contribution in [2.45, 2.75) is 30.4 Å². The van der Waals surface area contributed by atoms with E-state index in [4.69, 9.17) is 0 Å². The van der Waals surface area contributed by atoms with Crippen LogP contribution in [0, 0.1) is 5.82 Å². The number of para-hydroxylation sites is 1. The van der Waals surface area contributed by atoms with Gasteiger partial charge in [0.15, 0.2) is 0 Å². The van der Waals surface area contributed by atoms with Crippen LogP contribution in [0.3, 0.4) is 0 Å². The average molecular weight is 455 g/mol. The van der Waals surface area contributed by atoms with Crippen LogP contribution < -0.4 is 10.9 Å². The van der Waals surface area contributed by atoms with Crippen molar-refractivity contribution in [3.63, 3.8) is 0 Å². The minimum absolute atomic E-state index is 0.212. The number of hydrogen-bond acceptors (Lipinski definition) is 6. The highest BCUT2D eigenvalue weighted by Crippen LogP contribution is 2.30. The summed E-state index contributed by atoms with van der Waals surface area (Å²) in [6.07, 6.45) is 0. The Morgan fingerprint density at radius 3 is 2.77 bits per heavy atom. The van der Waals surface area contributed by atoms with Crippen molar-refractivity contribution < 1.29 is 9.18 Å². The number of rotatable bonds is 6. The summed E-state index contributed by atoms with van der Waals surface area (Å²) in [5, 5.41) is 8.02. The van der Waals surface area contributed by atoms with Crippen molar-refractivity contribution >= 4 is 39.7 Å². The number of carbonyl (C=O) groups excluding carboxylic acids is 1. The molecule has 0 saturated carbocycles. The molecule has 0 atom stereocenters. The van der Waals surface area contributed by atoms with Gasteiger partial charge in [-0.2, -0.15) is 9.61 Å². The summed E-state index contributed by atoms with van der Waals surface area (Å²) < 4.78 is 14.8. The van der Waals surface area contributed by atoms with Gasteiger partial charge in [-0.3, -0.25) is 9.59 Å². The predicted octanol–water partition coefficient (Wildman–Crippen LogP) is 4.96. The fourth-order valence-corrected chi connectivity index (χ4v) is 4.68. The molecule has 0 aliphatic carbocycles. The molecule has 4 rings (SSSR count). The van der Waals surface area contributed by atoms with Crippen molar-refractivity contribution in [1.29, 1.82) is 0 Å². The minimum atomic E-state index is -0.466. The molecule has 0 fully saturated rings. The zero-order valence-corrected chi connectivity index (χ0v) is 18.5. The molecule has 2 aromatic carbocycles. The van der Waals surface area contributed by atoms with E-state index in [1.54, 1.807) is 12.1 Å². The van der Waals surface area contributed by atoms with Crippen LogP contribution in [0.25, 0.3) is 4.96 Å². The number of halogens is 1. The molecule has 4 aromatic rings. The first-order valence-electron chi connectivity index (χ1n) is 9.59. The molecule has 0 saturated heterocycles. The third kappa shape index (κ3) is 4.83. The molecule has 0 aliphatic rings. The smallest absolute Gasteiger partial charge is 0.275 e. The summed E-state index contributed by atoms with van der Waals surface area (Å²) >= 11 is 2.87. The largest absolute Gasteiger partial charge is 0.321 e. The van der Waals surface area contributed by atoms with Crippen LogP contribution >= 0.6 is 23.1 Å². The maximum atomic E-state index is 13.4. The molecule has 0 bridgehead atoms. The molecule has 1 N–H and O–H groups in total. The van der Waals surface area contributed by atoms with Crippen LogP contribution in [0.15, 0.2) is 64.3 Å². The monoisotopic (exact) mass is 454 g/mol. The molecule has 2 heterocycles. The van der Waals surface area contributed by atoms with E-state index in [0.717, 1.165) is 9.90 Å². The van der Waals surface area contributed by atoms with Gasteiger partial charge in [-0.15, -0.1) is 11.8 Å². The van der Waals surface area contributed by atoms with Crippen LogP contribution in [0.5, 0.6) is 0 Å². The fourth-order valence-electron chi connectivity index (χ4n) is 2.85. The Hall–Kier alpha value is -3.04. The fraction of sp³-hybridized carbons (Fsp3) is 0.182. The summed E-state index contributed by atoms with van der Waals surface area (Å²) in [7, 11) is 0. The molecule has 2 aromatic heterocycles. The molecule has 9 heteroatoms. The molecule has 6 nitrogen and oxygen atoms in total. The van der Waals surface area contributed by atoms with Crippen molar-refractivity contribution in [2.75, 3.05) is 5.32 Å². The number of aromatic nitrogens is 3. The summed E-state index contributed by atoms with van der Waals surface area (Å²) in [4.78, 5) is 30.9. The molecule has 158 valence electrons. The number of nitrogens with zero attached hydrogens (tertiary/aromatic N) is 3. The van der Waals surface area contributed by atoms with Gasteiger partial charge in [-0.05, 0) is 30.3 Å². The number of anilines is 1. The van der Waals surface area contributed by atoms with Crippen molar-refractivity contribution in [1.82, 2.24) is 14.6 Å². The Bertz CT molecular complexity index is 1320. The van der Waals surface area contributed by atoms with Gasteiger partial charge in [0, 0.05) is 28.2 Å². The van der Waals surface area contributed by atoms with Gasteiger partial charge < -0.3 is 5.32 Å². The van der Waals surface area contributed by atoms with Gasteiger partial charge in [0.05, 0.1) is 11.4 Å². The first-order valence-corrected chi connectivity index (χ1v) is 11.4. The normalized spacial score (nSPS) is 11.2. The van der Waals surface area contributed by atoms with Gasteiger partial charge >= 0.3 is 0 Å². The van der Waals surface area contributed by atoms with E-state index >= 15 is 0 Å². The van der Waals surface area contributed by atoms with E-state index < -0.39 is 11.7 Å². The maximum absolute atomic E-state index is 13.4. The van der Waals surface area contributed by atoms with Crippen molar-refractivity contribution in [3.8, 4) is 0 Å². The third-order valence-corrected chi connectivity index (χ3v) is 6.72. The molecule has 31 heavy (non-hydrogen) atoms. The quantitative estimate of drug-likeness (QED) is 0.417. The van der Waals surface area contributed by atoms with Crippen LogP contribution in [0.1, 0.15) is 40.8 Å². The molecule has 0 aliphatic heterocycles. The number of hydrogen-bond donors (Lipinski definition) is 1. The second-order valence-corrected chi connectivity index (χ2v) is 9.13. The van der Waals surface area contributed by atoms with Gasteiger partial charge in [0.1, 0.15) is 10.8 Å². The number of thioether (sulfide) groups is 1. The van der Waals surface area contributed by atoms with Crippen LogP contribution in [-0.2, 0) is 5.75 Å². The third-order valence-electron chi connectivity index (χ3n) is 4.41. The molecule has 1 amide bonds. The molecule has 0 radical (unpaired) electrons. The summed E-state index contributed by atoms with van der Waals surface area (Å²) in [5.41, 5.74) is 1.28. The first kappa shape index (κ1) is 21.2. The molecule has 0 unspecified atom stereocenters. The molecule has 0 spiro atoms. The number of benzene rings is 2. The van der Waals surface area contributed by atoms with E-state index in [-0.39, 0.29) is 17.0 Å². The highest BCUT2D eigenvalue weighted by Gasteiger charge is 2.13. The van der Waals surface area contributed by atoms with Crippen molar-refractivity contribution in [3.05, 3.63) is 87.0 Å². The lowest BCUT2D eigenvalue weighted by atomic mass is 10.2. The van der Waals surface area contributed by atoms with E-state index in [1.807, 2.05) is 32.0 Å². The van der Waals surface area contributed by atoms with Crippen LogP contribution in [-0.4, -0.2) is 20.5 Å². The summed E-state index contributed by atoms with van der Waals surface area (Å²) in [6.45, 7) is 4.04. The number of fused-ring (bicyclic) bond motifs is 1. The molecular weight excluding hydrogens is 435 g/mol. The number of amides is 1. The Morgan fingerprint density at radius 2 is 2.00 bits per heavy atom. The zero-order chi connectivity index (χ0) is 22.0. The highest BCUT2D eigenvalue weighted by molar-refractivity contribution is 7.98. The average Bonchev–Trinajstić information content (AvgIpc) is 3.18. The SMILES string of the molecule is CC(C)c1nn2c(=O)cc(CSc3ccccc3NC(=O)c3cccc(F)c3)nc2s1. The number of carbonyl (C=O) groups is 1. The maximum Gasteiger partial charge on any atom is 0.275 e. The van der Waals surface area contributed by atoms with E-state index in [9.17, 15) is 14.0 Å². The Labute approximate surface area is 186 Å². The first-order chi connectivity index (χ1) is 14.9. The van der Waals surface area contributed by atoms with Crippen LogP contribution in [0.4, 0.5) is 10.1 Å². The second-order valence-electron chi connectivity index (χ2n) is 7.12. The van der Waals surface area contributed by atoms with Crippen molar-refractivity contribution in [2.24, 2.45) is 0 Å². The van der Waals surface area contributed by atoms with E-state index in [2.05, 4.69) is 15.4 Å². The molecular formula is C22H19FN4O2S2. The Morgan fingerprint density at radius 1 is 1.19 bits per heavy atom. The zero-order valence-electron chi connectivity index (χ0n) is 16.8. The van der Waals surface area contributed by atoms with Gasteiger partial charge in [0.2, 0.25) is 4.96 Å². The van der Waals surface area contributed by atoms with Crippen LogP contribution in [0.2, 0.25) is 0 Å². The van der Waals surface area contributed by atoms with Gasteiger partial charge in [-0.1, -0.05) is 43.4 Å². The lowest BCUT2D eigenvalue weighted by Gasteiger charge is -2.11. The summed E-state index contributed by atoms with van der Waals surface area (Å²) in [6, 6.07) is 14.4. The topological polar surface area (TPSA) is 76.4 Å². The summed E-state index contributed by atoms with van der Waals surface area (Å²) in [5.74, 6) is -0.187.